The number of ketones is 2. The second-order valence-corrected chi connectivity index (χ2v) is 11.0. The van der Waals surface area contributed by atoms with Gasteiger partial charge in [0.2, 0.25) is 0 Å². The van der Waals surface area contributed by atoms with Gasteiger partial charge in [-0.2, -0.15) is 0 Å². The summed E-state index contributed by atoms with van der Waals surface area (Å²) in [6.45, 7) is 6.50. The molecule has 5 nitrogen and oxygen atoms in total. The van der Waals surface area contributed by atoms with Crippen LogP contribution in [0.3, 0.4) is 0 Å². The smallest absolute Gasteiger partial charge is 0.550 e. The third-order valence-corrected chi connectivity index (χ3v) is 9.96. The first-order chi connectivity index (χ1) is 13.6. The molecule has 0 spiro atoms. The van der Waals surface area contributed by atoms with E-state index in [2.05, 4.69) is 20.8 Å². The van der Waals surface area contributed by atoms with Crippen molar-refractivity contribution in [2.24, 2.45) is 46.3 Å². The quantitative estimate of drug-likeness (QED) is 0.614. The molecule has 5 unspecified atom stereocenters. The molecule has 162 valence electrons. The van der Waals surface area contributed by atoms with E-state index >= 15 is 0 Å². The molecular weight excluding hydrogens is 391 g/mol. The van der Waals surface area contributed by atoms with Crippen LogP contribution in [0.25, 0.3) is 0 Å². The number of carboxylic acids is 1. The molecule has 0 bridgehead atoms. The first-order valence-electron chi connectivity index (χ1n) is 11.5. The van der Waals surface area contributed by atoms with Crippen LogP contribution in [0.15, 0.2) is 0 Å². The molecule has 30 heavy (non-hydrogen) atoms. The zero-order valence-corrected chi connectivity index (χ0v) is 21.0. The zero-order chi connectivity index (χ0) is 21.1. The second kappa shape index (κ2) is 8.61. The Morgan fingerprint density at radius 2 is 1.90 bits per heavy atom. The molecule has 0 heterocycles. The van der Waals surface area contributed by atoms with Crippen LogP contribution in [0.2, 0.25) is 0 Å². The second-order valence-electron chi connectivity index (χ2n) is 11.0. The van der Waals surface area contributed by atoms with Crippen molar-refractivity contribution in [3.05, 3.63) is 0 Å². The Labute approximate surface area is 202 Å². The Hall–Kier alpha value is -0.230. The molecule has 0 aromatic rings. The van der Waals surface area contributed by atoms with Crippen LogP contribution in [0.5, 0.6) is 0 Å². The number of aliphatic hydroxyl groups is 1. The molecule has 6 heteroatoms. The Morgan fingerprint density at radius 3 is 2.57 bits per heavy atom. The Morgan fingerprint density at radius 1 is 1.20 bits per heavy atom. The van der Waals surface area contributed by atoms with Gasteiger partial charge in [-0.3, -0.25) is 9.59 Å². The van der Waals surface area contributed by atoms with Crippen molar-refractivity contribution < 1.29 is 54.2 Å². The third kappa shape index (κ3) is 3.66. The van der Waals surface area contributed by atoms with Crippen molar-refractivity contribution in [2.75, 3.05) is 0 Å². The van der Waals surface area contributed by atoms with Crippen LogP contribution in [-0.2, 0) is 14.4 Å². The molecule has 4 fully saturated rings. The minimum atomic E-state index is -1.02. The molecule has 0 aromatic carbocycles. The summed E-state index contributed by atoms with van der Waals surface area (Å²) in [5.41, 5.74) is -0.372. The number of hydrogen-bond donors (Lipinski definition) is 1. The number of carboxylic acid groups (broad SMARTS) is 1. The van der Waals surface area contributed by atoms with E-state index in [9.17, 15) is 24.6 Å². The van der Waals surface area contributed by atoms with Gasteiger partial charge >= 0.3 is 29.6 Å². The first kappa shape index (κ1) is 24.4. The van der Waals surface area contributed by atoms with Crippen LogP contribution in [-0.4, -0.2) is 28.7 Å². The van der Waals surface area contributed by atoms with Gasteiger partial charge in [-0.25, -0.2) is 0 Å². The molecule has 9 atom stereocenters. The number of carbonyl (C=O) groups excluding carboxylic acids is 3. The van der Waals surface area contributed by atoms with Crippen LogP contribution < -0.4 is 34.7 Å². The van der Waals surface area contributed by atoms with Crippen molar-refractivity contribution in [3.63, 3.8) is 0 Å². The van der Waals surface area contributed by atoms with Gasteiger partial charge in [-0.05, 0) is 73.5 Å². The number of carbonyl (C=O) groups is 3. The summed E-state index contributed by atoms with van der Waals surface area (Å²) in [5, 5.41) is 22.3. The van der Waals surface area contributed by atoms with Crippen molar-refractivity contribution in [1.29, 1.82) is 0 Å². The molecule has 4 aliphatic carbocycles. The maximum Gasteiger partial charge on any atom is 1.00 e. The fourth-order valence-corrected chi connectivity index (χ4v) is 8.21. The largest absolute Gasteiger partial charge is 1.00 e. The van der Waals surface area contributed by atoms with Gasteiger partial charge in [0.1, 0.15) is 11.6 Å². The monoisotopic (exact) mass is 426 g/mol. The molecule has 4 rings (SSSR count). The van der Waals surface area contributed by atoms with Gasteiger partial charge in [-0.1, -0.05) is 20.8 Å². The van der Waals surface area contributed by atoms with Crippen LogP contribution in [0, 0.1) is 46.3 Å². The predicted molar refractivity (Wildman–Crippen MR) is 105 cm³/mol. The van der Waals surface area contributed by atoms with Gasteiger partial charge < -0.3 is 15.0 Å². The third-order valence-electron chi connectivity index (χ3n) is 9.96. The summed E-state index contributed by atoms with van der Waals surface area (Å²) in [7, 11) is 0. The van der Waals surface area contributed by atoms with Crippen LogP contribution >= 0.6 is 0 Å². The topological polar surface area (TPSA) is 94.5 Å². The molecule has 4 saturated carbocycles. The summed E-state index contributed by atoms with van der Waals surface area (Å²) in [6.07, 6.45) is 5.12. The average molecular weight is 427 g/mol. The van der Waals surface area contributed by atoms with Gasteiger partial charge in [0, 0.05) is 36.6 Å². The minimum absolute atomic E-state index is 0. The number of aliphatic hydroxyl groups excluding tert-OH is 1. The van der Waals surface area contributed by atoms with Gasteiger partial charge in [-0.15, -0.1) is 0 Å². The molecule has 4 aliphatic rings. The van der Waals surface area contributed by atoms with Crippen molar-refractivity contribution in [1.82, 2.24) is 0 Å². The number of hydrogen-bond acceptors (Lipinski definition) is 5. The molecule has 0 radical (unpaired) electrons. The van der Waals surface area contributed by atoms with E-state index < -0.39 is 12.1 Å². The van der Waals surface area contributed by atoms with Gasteiger partial charge in [0.15, 0.2) is 0 Å². The molecule has 1 N–H and O–H groups in total. The van der Waals surface area contributed by atoms with Crippen LogP contribution in [0.4, 0.5) is 0 Å². The van der Waals surface area contributed by atoms with E-state index in [-0.39, 0.29) is 88.1 Å². The summed E-state index contributed by atoms with van der Waals surface area (Å²) in [5.74, 6) is 0.415. The van der Waals surface area contributed by atoms with Crippen LogP contribution in [0.1, 0.15) is 78.6 Å². The van der Waals surface area contributed by atoms with E-state index in [1.807, 2.05) is 0 Å². The fraction of sp³-hybridized carbons (Fsp3) is 0.875. The maximum absolute atomic E-state index is 13.3. The molecule has 0 aromatic heterocycles. The van der Waals surface area contributed by atoms with Crippen molar-refractivity contribution in [3.8, 4) is 0 Å². The van der Waals surface area contributed by atoms with Crippen molar-refractivity contribution >= 4 is 17.5 Å². The zero-order valence-electron chi connectivity index (χ0n) is 19.0. The SMILES string of the molecule is C[C@H](CCC(=O)[O-])[C@H]1CCC2C3C(=O)CC4CC(=O)CC[C@]4(C)C3CC(O)[C@@]21C.[Na+]. The summed E-state index contributed by atoms with van der Waals surface area (Å²) >= 11 is 0. The number of fused-ring (bicyclic) bond motifs is 5. The number of rotatable bonds is 4. The summed E-state index contributed by atoms with van der Waals surface area (Å²) in [4.78, 5) is 36.3. The molecule has 0 aliphatic heterocycles. The predicted octanol–water partition coefficient (Wildman–Crippen LogP) is -0.466. The van der Waals surface area contributed by atoms with E-state index in [0.717, 1.165) is 19.3 Å². The normalized spacial score (nSPS) is 46.3. The molecular formula is C24H35NaO5. The maximum atomic E-state index is 13.3. The van der Waals surface area contributed by atoms with E-state index in [4.69, 9.17) is 0 Å². The Bertz CT molecular complexity index is 722. The summed E-state index contributed by atoms with van der Waals surface area (Å²) < 4.78 is 0. The van der Waals surface area contributed by atoms with Crippen molar-refractivity contribution in [2.45, 2.75) is 84.7 Å². The minimum Gasteiger partial charge on any atom is -0.550 e. The Kier molecular flexibility index (Phi) is 7.00. The number of aliphatic carboxylic acids is 1. The molecule has 0 saturated heterocycles. The van der Waals surface area contributed by atoms with E-state index in [1.54, 1.807) is 0 Å². The molecule has 0 amide bonds. The van der Waals surface area contributed by atoms with Gasteiger partial charge in [0.25, 0.3) is 0 Å². The van der Waals surface area contributed by atoms with E-state index in [0.29, 0.717) is 37.9 Å². The summed E-state index contributed by atoms with van der Waals surface area (Å²) in [6, 6.07) is 0. The average Bonchev–Trinajstić information content (AvgIpc) is 3.01. The Balaban J connectivity index is 0.00000256. The first-order valence-corrected chi connectivity index (χ1v) is 11.5. The fourth-order valence-electron chi connectivity index (χ4n) is 8.21. The number of Topliss-reactive ketones (excluding diaryl/α,β-unsaturated/α-hetero) is 2. The van der Waals surface area contributed by atoms with E-state index in [1.165, 1.54) is 0 Å². The van der Waals surface area contributed by atoms with Gasteiger partial charge in [0.05, 0.1) is 6.10 Å². The standard InChI is InChI=1S/C24H36O5.Na/c1-13(4-7-21(28)29)16-5-6-17-22-18(12-20(27)24(16,17)3)23(2)9-8-15(25)10-14(23)11-19(22)26;/h13-14,16-18,20,22,27H,4-12H2,1-3H3,(H,28,29);/q;+1/p-1/t13-,14?,16-,17?,18?,20?,22?,23+,24-;/m1./s1.